The number of nitrogens with one attached hydrogen (secondary N) is 1. The number of carbonyl (C=O) groups is 2. The number of carbonyl (C=O) groups excluding carboxylic acids is 2. The number of benzene rings is 2. The first-order valence-electron chi connectivity index (χ1n) is 10.1. The van der Waals surface area contributed by atoms with Crippen molar-refractivity contribution >= 4 is 34.0 Å². The van der Waals surface area contributed by atoms with E-state index in [0.717, 1.165) is 33.8 Å². The zero-order valence-corrected chi connectivity index (χ0v) is 18.1. The van der Waals surface area contributed by atoms with Crippen LogP contribution in [0, 0.1) is 13.8 Å². The highest BCUT2D eigenvalue weighted by Crippen LogP contribution is 2.35. The fourth-order valence-electron chi connectivity index (χ4n) is 3.68. The van der Waals surface area contributed by atoms with E-state index >= 15 is 0 Å². The minimum atomic E-state index is -0.207. The SMILES string of the molecule is CCc1ccccc1N1CC(c2nnc(NC(=O)c3ccc(C)c(C)c3)s2)CC1=O. The van der Waals surface area contributed by atoms with E-state index in [1.807, 2.05) is 49.1 Å². The van der Waals surface area contributed by atoms with Gasteiger partial charge in [0.2, 0.25) is 11.0 Å². The Hall–Kier alpha value is -3.06. The fraction of sp³-hybridized carbons (Fsp3) is 0.304. The number of hydrogen-bond acceptors (Lipinski definition) is 5. The molecule has 0 saturated carbocycles. The zero-order chi connectivity index (χ0) is 21.3. The predicted molar refractivity (Wildman–Crippen MR) is 119 cm³/mol. The summed E-state index contributed by atoms with van der Waals surface area (Å²) in [5.74, 6) is -0.134. The quantitative estimate of drug-likeness (QED) is 0.660. The van der Waals surface area contributed by atoms with Gasteiger partial charge in [0.1, 0.15) is 5.01 Å². The molecule has 4 rings (SSSR count). The van der Waals surface area contributed by atoms with Crippen molar-refractivity contribution in [1.82, 2.24) is 10.2 Å². The molecule has 154 valence electrons. The van der Waals surface area contributed by atoms with Crippen LogP contribution in [0.2, 0.25) is 0 Å². The van der Waals surface area contributed by atoms with Crippen LogP contribution in [-0.2, 0) is 11.2 Å². The number of nitrogens with zero attached hydrogens (tertiary/aromatic N) is 3. The maximum atomic E-state index is 12.7. The molecule has 1 atom stereocenters. The molecular weight excluding hydrogens is 396 g/mol. The number of hydrogen-bond donors (Lipinski definition) is 1. The number of anilines is 2. The standard InChI is InChI=1S/C23H24N4O2S/c1-4-16-7-5-6-8-19(16)27-13-18(12-20(27)28)22-25-26-23(30-22)24-21(29)17-10-9-14(2)15(3)11-17/h5-11,18H,4,12-13H2,1-3H3,(H,24,26,29). The van der Waals surface area contributed by atoms with E-state index in [1.54, 1.807) is 6.07 Å². The summed E-state index contributed by atoms with van der Waals surface area (Å²) in [6.07, 6.45) is 1.27. The molecule has 7 heteroatoms. The van der Waals surface area contributed by atoms with Gasteiger partial charge in [0.05, 0.1) is 0 Å². The Morgan fingerprint density at radius 3 is 2.73 bits per heavy atom. The van der Waals surface area contributed by atoms with Crippen molar-refractivity contribution in [2.45, 2.75) is 39.5 Å². The van der Waals surface area contributed by atoms with Crippen molar-refractivity contribution in [2.24, 2.45) is 0 Å². The molecule has 0 spiro atoms. The fourth-order valence-corrected chi connectivity index (χ4v) is 4.51. The minimum Gasteiger partial charge on any atom is -0.311 e. The lowest BCUT2D eigenvalue weighted by Crippen LogP contribution is -2.25. The van der Waals surface area contributed by atoms with Gasteiger partial charge in [-0.05, 0) is 55.2 Å². The van der Waals surface area contributed by atoms with E-state index in [2.05, 4.69) is 28.5 Å². The second kappa shape index (κ2) is 8.36. The van der Waals surface area contributed by atoms with Gasteiger partial charge in [-0.3, -0.25) is 14.9 Å². The smallest absolute Gasteiger partial charge is 0.257 e. The highest BCUT2D eigenvalue weighted by molar-refractivity contribution is 7.15. The zero-order valence-electron chi connectivity index (χ0n) is 17.3. The molecule has 0 radical (unpaired) electrons. The lowest BCUT2D eigenvalue weighted by molar-refractivity contribution is -0.117. The molecule has 0 aliphatic carbocycles. The van der Waals surface area contributed by atoms with Crippen LogP contribution in [-0.4, -0.2) is 28.6 Å². The molecule has 2 amide bonds. The maximum absolute atomic E-state index is 12.7. The van der Waals surface area contributed by atoms with Gasteiger partial charge in [0, 0.05) is 30.1 Å². The molecule has 3 aromatic rings. The van der Waals surface area contributed by atoms with Gasteiger partial charge in [0.25, 0.3) is 5.91 Å². The normalized spacial score (nSPS) is 16.2. The molecule has 1 aliphatic rings. The molecule has 2 aromatic carbocycles. The van der Waals surface area contributed by atoms with E-state index in [4.69, 9.17) is 0 Å². The average Bonchev–Trinajstić information content (AvgIpc) is 3.36. The summed E-state index contributed by atoms with van der Waals surface area (Å²) in [5.41, 5.74) is 4.93. The van der Waals surface area contributed by atoms with Crippen molar-refractivity contribution in [3.05, 3.63) is 69.7 Å². The highest BCUT2D eigenvalue weighted by atomic mass is 32.1. The lowest BCUT2D eigenvalue weighted by Gasteiger charge is -2.19. The molecule has 0 bridgehead atoms. The minimum absolute atomic E-state index is 0.0211. The van der Waals surface area contributed by atoms with Gasteiger partial charge in [-0.2, -0.15) is 0 Å². The molecule has 1 unspecified atom stereocenters. The van der Waals surface area contributed by atoms with E-state index in [1.165, 1.54) is 11.3 Å². The summed E-state index contributed by atoms with van der Waals surface area (Å²) in [5, 5.41) is 12.4. The van der Waals surface area contributed by atoms with Gasteiger partial charge in [-0.1, -0.05) is 42.5 Å². The number of rotatable bonds is 5. The number of aryl methyl sites for hydroxylation is 3. The third-order valence-corrected chi connectivity index (χ3v) is 6.57. The second-order valence-corrected chi connectivity index (χ2v) is 8.60. The summed E-state index contributed by atoms with van der Waals surface area (Å²) < 4.78 is 0. The van der Waals surface area contributed by atoms with Crippen LogP contribution >= 0.6 is 11.3 Å². The lowest BCUT2D eigenvalue weighted by atomic mass is 10.1. The molecular formula is C23H24N4O2S. The topological polar surface area (TPSA) is 75.2 Å². The molecule has 1 aliphatic heterocycles. The third-order valence-electron chi connectivity index (χ3n) is 5.57. The molecule has 1 N–H and O–H groups in total. The highest BCUT2D eigenvalue weighted by Gasteiger charge is 2.34. The number of amides is 2. The summed E-state index contributed by atoms with van der Waals surface area (Å²) in [4.78, 5) is 27.0. The maximum Gasteiger partial charge on any atom is 0.257 e. The number of aromatic nitrogens is 2. The van der Waals surface area contributed by atoms with Gasteiger partial charge in [-0.15, -0.1) is 10.2 Å². The van der Waals surface area contributed by atoms with Crippen LogP contribution in [0.3, 0.4) is 0 Å². The van der Waals surface area contributed by atoms with E-state index in [0.29, 0.717) is 23.7 Å². The molecule has 1 aromatic heterocycles. The van der Waals surface area contributed by atoms with Crippen molar-refractivity contribution < 1.29 is 9.59 Å². The summed E-state index contributed by atoms with van der Waals surface area (Å²) in [7, 11) is 0. The average molecular weight is 421 g/mol. The van der Waals surface area contributed by atoms with E-state index in [-0.39, 0.29) is 17.7 Å². The first kappa shape index (κ1) is 20.2. The Morgan fingerprint density at radius 1 is 1.17 bits per heavy atom. The van der Waals surface area contributed by atoms with Crippen molar-refractivity contribution in [2.75, 3.05) is 16.8 Å². The Bertz CT molecular complexity index is 1110. The first-order chi connectivity index (χ1) is 14.5. The molecule has 2 heterocycles. The van der Waals surface area contributed by atoms with Crippen LogP contribution in [0.25, 0.3) is 0 Å². The summed E-state index contributed by atoms with van der Waals surface area (Å²) in [6, 6.07) is 13.6. The van der Waals surface area contributed by atoms with Gasteiger partial charge >= 0.3 is 0 Å². The monoisotopic (exact) mass is 420 g/mol. The largest absolute Gasteiger partial charge is 0.311 e. The van der Waals surface area contributed by atoms with Crippen LogP contribution in [0.1, 0.15) is 51.3 Å². The van der Waals surface area contributed by atoms with Crippen molar-refractivity contribution in [1.29, 1.82) is 0 Å². The van der Waals surface area contributed by atoms with Crippen LogP contribution in [0.4, 0.5) is 10.8 Å². The van der Waals surface area contributed by atoms with Crippen molar-refractivity contribution in [3.63, 3.8) is 0 Å². The van der Waals surface area contributed by atoms with E-state index in [9.17, 15) is 9.59 Å². The van der Waals surface area contributed by atoms with Gasteiger partial charge in [-0.25, -0.2) is 0 Å². The van der Waals surface area contributed by atoms with Gasteiger partial charge < -0.3 is 4.90 Å². The Balaban J connectivity index is 1.47. The van der Waals surface area contributed by atoms with Crippen LogP contribution < -0.4 is 10.2 Å². The first-order valence-corrected chi connectivity index (χ1v) is 10.9. The van der Waals surface area contributed by atoms with Gasteiger partial charge in [0.15, 0.2) is 0 Å². The Labute approximate surface area is 180 Å². The van der Waals surface area contributed by atoms with Crippen molar-refractivity contribution in [3.8, 4) is 0 Å². The predicted octanol–water partition coefficient (Wildman–Crippen LogP) is 4.49. The van der Waals surface area contributed by atoms with Crippen LogP contribution in [0.5, 0.6) is 0 Å². The molecule has 1 fully saturated rings. The molecule has 1 saturated heterocycles. The Morgan fingerprint density at radius 2 is 1.97 bits per heavy atom. The Kier molecular flexibility index (Phi) is 5.63. The van der Waals surface area contributed by atoms with E-state index < -0.39 is 0 Å². The summed E-state index contributed by atoms with van der Waals surface area (Å²) in [6.45, 7) is 6.66. The number of para-hydroxylation sites is 1. The molecule has 30 heavy (non-hydrogen) atoms. The second-order valence-electron chi connectivity index (χ2n) is 7.59. The molecule has 6 nitrogen and oxygen atoms in total. The summed E-state index contributed by atoms with van der Waals surface area (Å²) >= 11 is 1.34. The third kappa shape index (κ3) is 3.98. The van der Waals surface area contributed by atoms with Crippen LogP contribution in [0.15, 0.2) is 42.5 Å².